The molecule has 1 saturated carbocycles. The molecule has 1 aromatic heterocycles. The monoisotopic (exact) mass is 327 g/mol. The number of ether oxygens (including phenoxy) is 1. The number of anilines is 1. The van der Waals surface area contributed by atoms with Crippen molar-refractivity contribution in [1.29, 1.82) is 0 Å². The van der Waals surface area contributed by atoms with Crippen LogP contribution >= 0.6 is 12.2 Å². The van der Waals surface area contributed by atoms with E-state index in [1.807, 2.05) is 24.3 Å². The summed E-state index contributed by atoms with van der Waals surface area (Å²) < 4.78 is 5.26. The summed E-state index contributed by atoms with van der Waals surface area (Å²) in [5.41, 5.74) is 2.11. The van der Waals surface area contributed by atoms with Crippen LogP contribution in [-0.2, 0) is 5.54 Å². The van der Waals surface area contributed by atoms with Crippen molar-refractivity contribution in [2.75, 3.05) is 12.4 Å². The highest BCUT2D eigenvalue weighted by atomic mass is 32.1. The number of pyridine rings is 1. The highest BCUT2D eigenvalue weighted by Gasteiger charge is 2.36. The fourth-order valence-corrected chi connectivity index (χ4v) is 3.50. The van der Waals surface area contributed by atoms with Crippen molar-refractivity contribution in [3.05, 3.63) is 54.4 Å². The highest BCUT2D eigenvalue weighted by Crippen LogP contribution is 2.39. The Labute approximate surface area is 142 Å². The van der Waals surface area contributed by atoms with Crippen molar-refractivity contribution in [2.45, 2.75) is 31.2 Å². The van der Waals surface area contributed by atoms with Gasteiger partial charge < -0.3 is 15.4 Å². The third-order valence-corrected chi connectivity index (χ3v) is 4.59. The van der Waals surface area contributed by atoms with Crippen molar-refractivity contribution in [3.8, 4) is 5.75 Å². The van der Waals surface area contributed by atoms with Crippen molar-refractivity contribution in [3.63, 3.8) is 0 Å². The maximum Gasteiger partial charge on any atom is 0.171 e. The van der Waals surface area contributed by atoms with E-state index >= 15 is 0 Å². The quantitative estimate of drug-likeness (QED) is 0.835. The third-order valence-electron chi connectivity index (χ3n) is 4.39. The summed E-state index contributed by atoms with van der Waals surface area (Å²) in [6.07, 6.45) is 8.07. The van der Waals surface area contributed by atoms with Gasteiger partial charge in [-0.05, 0) is 54.9 Å². The largest absolute Gasteiger partial charge is 0.497 e. The van der Waals surface area contributed by atoms with Crippen LogP contribution in [0.5, 0.6) is 5.75 Å². The van der Waals surface area contributed by atoms with Crippen molar-refractivity contribution >= 4 is 23.0 Å². The molecule has 4 nitrogen and oxygen atoms in total. The first kappa shape index (κ1) is 15.7. The lowest BCUT2D eigenvalue weighted by Crippen LogP contribution is -2.45. The Morgan fingerprint density at radius 3 is 2.35 bits per heavy atom. The minimum absolute atomic E-state index is 0.0939. The molecular weight excluding hydrogens is 306 g/mol. The minimum atomic E-state index is -0.0939. The normalized spacial score (nSPS) is 15.9. The number of nitrogens with one attached hydrogen (secondary N) is 2. The lowest BCUT2D eigenvalue weighted by Gasteiger charge is -2.32. The molecule has 0 unspecified atom stereocenters. The number of aromatic nitrogens is 1. The molecule has 0 atom stereocenters. The first-order valence-corrected chi connectivity index (χ1v) is 8.26. The van der Waals surface area contributed by atoms with Crippen molar-refractivity contribution in [1.82, 2.24) is 10.3 Å². The lowest BCUT2D eigenvalue weighted by atomic mass is 9.88. The molecule has 23 heavy (non-hydrogen) atoms. The Bertz CT molecular complexity index is 652. The van der Waals surface area contributed by atoms with E-state index in [1.54, 1.807) is 19.5 Å². The number of rotatable bonds is 4. The third kappa shape index (κ3) is 3.62. The van der Waals surface area contributed by atoms with Crippen LogP contribution in [0, 0.1) is 0 Å². The molecule has 2 N–H and O–H groups in total. The maximum absolute atomic E-state index is 5.53. The molecule has 1 heterocycles. The molecule has 0 aliphatic heterocycles. The van der Waals surface area contributed by atoms with Gasteiger partial charge in [-0.25, -0.2) is 0 Å². The van der Waals surface area contributed by atoms with E-state index in [-0.39, 0.29) is 5.54 Å². The fourth-order valence-electron chi connectivity index (χ4n) is 3.19. The Hall–Kier alpha value is -2.14. The Morgan fingerprint density at radius 1 is 1.09 bits per heavy atom. The summed E-state index contributed by atoms with van der Waals surface area (Å²) >= 11 is 5.53. The molecule has 0 bridgehead atoms. The number of thiocarbonyl (C=S) groups is 1. The molecule has 0 amide bonds. The smallest absolute Gasteiger partial charge is 0.171 e. The van der Waals surface area contributed by atoms with Crippen LogP contribution in [0.3, 0.4) is 0 Å². The summed E-state index contributed by atoms with van der Waals surface area (Å²) in [7, 11) is 1.69. The molecule has 0 saturated heterocycles. The van der Waals surface area contributed by atoms with Gasteiger partial charge in [-0.2, -0.15) is 0 Å². The molecule has 1 fully saturated rings. The Morgan fingerprint density at radius 2 is 1.74 bits per heavy atom. The molecule has 5 heteroatoms. The van der Waals surface area contributed by atoms with Gasteiger partial charge in [-0.3, -0.25) is 4.98 Å². The van der Waals surface area contributed by atoms with Crippen molar-refractivity contribution < 1.29 is 4.74 Å². The SMILES string of the molecule is COc1ccc(C2(NC(=S)Nc3ccncc3)CCCC2)cc1. The zero-order valence-corrected chi connectivity index (χ0v) is 14.0. The highest BCUT2D eigenvalue weighted by molar-refractivity contribution is 7.80. The molecular formula is C18H21N3OS. The predicted octanol–water partition coefficient (Wildman–Crippen LogP) is 3.85. The van der Waals surface area contributed by atoms with E-state index < -0.39 is 0 Å². The van der Waals surface area contributed by atoms with Crippen molar-refractivity contribution in [2.24, 2.45) is 0 Å². The number of hydrogen-bond donors (Lipinski definition) is 2. The van der Waals surface area contributed by atoms with Crippen LogP contribution in [0.4, 0.5) is 5.69 Å². The van der Waals surface area contributed by atoms with Crippen LogP contribution < -0.4 is 15.4 Å². The molecule has 1 aliphatic carbocycles. The zero-order valence-electron chi connectivity index (χ0n) is 13.2. The second-order valence-electron chi connectivity index (χ2n) is 5.83. The second kappa shape index (κ2) is 6.96. The molecule has 0 spiro atoms. The van der Waals surface area contributed by atoms with Gasteiger partial charge in [0.25, 0.3) is 0 Å². The Kier molecular flexibility index (Phi) is 4.76. The van der Waals surface area contributed by atoms with Gasteiger partial charge in [-0.1, -0.05) is 25.0 Å². The second-order valence-corrected chi connectivity index (χ2v) is 6.24. The average Bonchev–Trinajstić information content (AvgIpc) is 3.05. The zero-order chi connectivity index (χ0) is 16.1. The molecule has 120 valence electrons. The molecule has 0 radical (unpaired) electrons. The molecule has 1 aliphatic rings. The number of nitrogens with zero attached hydrogens (tertiary/aromatic N) is 1. The van der Waals surface area contributed by atoms with Gasteiger partial charge >= 0.3 is 0 Å². The first-order chi connectivity index (χ1) is 11.2. The topological polar surface area (TPSA) is 46.2 Å². The van der Waals surface area contributed by atoms with Gasteiger partial charge in [0.15, 0.2) is 5.11 Å². The number of methoxy groups -OCH3 is 1. The molecule has 3 rings (SSSR count). The summed E-state index contributed by atoms with van der Waals surface area (Å²) in [6.45, 7) is 0. The van der Waals surface area contributed by atoms with Crippen LogP contribution in [-0.4, -0.2) is 17.2 Å². The summed E-state index contributed by atoms with van der Waals surface area (Å²) in [4.78, 5) is 4.02. The van der Waals surface area contributed by atoms with E-state index in [0.717, 1.165) is 24.3 Å². The van der Waals surface area contributed by atoms with E-state index in [4.69, 9.17) is 17.0 Å². The van der Waals surface area contributed by atoms with E-state index in [2.05, 4.69) is 27.8 Å². The number of hydrogen-bond acceptors (Lipinski definition) is 3. The summed E-state index contributed by atoms with van der Waals surface area (Å²) in [6, 6.07) is 12.1. The lowest BCUT2D eigenvalue weighted by molar-refractivity contribution is 0.401. The van der Waals surface area contributed by atoms with Crippen LogP contribution in [0.1, 0.15) is 31.2 Å². The average molecular weight is 327 g/mol. The van der Waals surface area contributed by atoms with Crippen LogP contribution in [0.25, 0.3) is 0 Å². The molecule has 2 aromatic rings. The number of benzene rings is 1. The standard InChI is InChI=1S/C18H21N3OS/c1-22-16-6-4-14(5-7-16)18(10-2-3-11-18)21-17(23)20-15-8-12-19-13-9-15/h4-9,12-13H,2-3,10-11H2,1H3,(H2,19,20,21,23). The van der Waals surface area contributed by atoms with E-state index in [9.17, 15) is 0 Å². The Balaban J connectivity index is 1.76. The van der Waals surface area contributed by atoms with Gasteiger partial charge in [0, 0.05) is 18.1 Å². The summed E-state index contributed by atoms with van der Waals surface area (Å²) in [5, 5.41) is 7.44. The van der Waals surface area contributed by atoms with Gasteiger partial charge in [-0.15, -0.1) is 0 Å². The van der Waals surface area contributed by atoms with Crippen LogP contribution in [0.2, 0.25) is 0 Å². The maximum atomic E-state index is 5.53. The van der Waals surface area contributed by atoms with Gasteiger partial charge in [0.1, 0.15) is 5.75 Å². The van der Waals surface area contributed by atoms with E-state index in [0.29, 0.717) is 5.11 Å². The predicted molar refractivity (Wildman–Crippen MR) is 96.7 cm³/mol. The fraction of sp³-hybridized carbons (Fsp3) is 0.333. The summed E-state index contributed by atoms with van der Waals surface area (Å²) in [5.74, 6) is 0.874. The van der Waals surface area contributed by atoms with E-state index in [1.165, 1.54) is 18.4 Å². The van der Waals surface area contributed by atoms with Gasteiger partial charge in [0.2, 0.25) is 0 Å². The first-order valence-electron chi connectivity index (χ1n) is 7.86. The minimum Gasteiger partial charge on any atom is -0.497 e. The van der Waals surface area contributed by atoms with Gasteiger partial charge in [0.05, 0.1) is 12.6 Å². The molecule has 1 aromatic carbocycles. The van der Waals surface area contributed by atoms with Crippen LogP contribution in [0.15, 0.2) is 48.8 Å².